The van der Waals surface area contributed by atoms with E-state index in [4.69, 9.17) is 9.47 Å². The van der Waals surface area contributed by atoms with Crippen LogP contribution in [-0.2, 0) is 16.4 Å². The topological polar surface area (TPSA) is 55.8 Å². The van der Waals surface area contributed by atoms with Gasteiger partial charge in [0, 0.05) is 12.1 Å². The van der Waals surface area contributed by atoms with Crippen molar-refractivity contribution in [2.45, 2.75) is 24.3 Å². The summed E-state index contributed by atoms with van der Waals surface area (Å²) in [6, 6.07) is 16.8. The van der Waals surface area contributed by atoms with Crippen molar-refractivity contribution in [2.24, 2.45) is 0 Å². The molecule has 0 unspecified atom stereocenters. The number of methoxy groups -OCH3 is 1. The van der Waals surface area contributed by atoms with Crippen LogP contribution in [0, 0.1) is 6.92 Å². The average molecular weight is 424 g/mol. The second-order valence-corrected chi connectivity index (χ2v) is 9.39. The van der Waals surface area contributed by atoms with E-state index in [1.165, 1.54) is 4.31 Å². The van der Waals surface area contributed by atoms with Crippen LogP contribution in [0.3, 0.4) is 0 Å². The molecule has 1 heterocycles. The standard InChI is InChI=1S/C24H25NO4S/c1-4-19-16-25(30(26,27)21-10-5-17(2)6-11-21)14-13-22-23-15-20(28-3)9-7-18(23)8-12-24(22)29-19/h4-12,15,19H,1,13-14,16H2,2-3H3/t19-/m1/s1. The van der Waals surface area contributed by atoms with Crippen molar-refractivity contribution in [3.63, 3.8) is 0 Å². The summed E-state index contributed by atoms with van der Waals surface area (Å²) in [7, 11) is -2.02. The van der Waals surface area contributed by atoms with Crippen LogP contribution in [0.5, 0.6) is 11.5 Å². The number of ether oxygens (including phenoxy) is 2. The molecule has 0 fully saturated rings. The van der Waals surface area contributed by atoms with Crippen molar-refractivity contribution in [1.29, 1.82) is 0 Å². The Morgan fingerprint density at radius 3 is 2.57 bits per heavy atom. The van der Waals surface area contributed by atoms with E-state index in [0.717, 1.165) is 33.4 Å². The first-order chi connectivity index (χ1) is 14.4. The molecule has 0 radical (unpaired) electrons. The Hall–Kier alpha value is -2.83. The largest absolute Gasteiger partial charge is 0.497 e. The van der Waals surface area contributed by atoms with Crippen LogP contribution in [0.15, 0.2) is 72.1 Å². The highest BCUT2D eigenvalue weighted by molar-refractivity contribution is 7.89. The fourth-order valence-electron chi connectivity index (χ4n) is 3.77. The first-order valence-electron chi connectivity index (χ1n) is 9.88. The van der Waals surface area contributed by atoms with Gasteiger partial charge in [0.05, 0.1) is 18.6 Å². The highest BCUT2D eigenvalue weighted by atomic mass is 32.2. The zero-order chi connectivity index (χ0) is 21.3. The minimum Gasteiger partial charge on any atom is -0.497 e. The van der Waals surface area contributed by atoms with E-state index in [2.05, 4.69) is 6.58 Å². The molecule has 3 aromatic rings. The molecule has 0 bridgehead atoms. The third-order valence-electron chi connectivity index (χ3n) is 5.49. The van der Waals surface area contributed by atoms with Gasteiger partial charge in [-0.25, -0.2) is 8.42 Å². The Bertz CT molecular complexity index is 1190. The number of aryl methyl sites for hydroxylation is 1. The van der Waals surface area contributed by atoms with Gasteiger partial charge in [-0.3, -0.25) is 0 Å². The molecule has 0 amide bonds. The fraction of sp³-hybridized carbons (Fsp3) is 0.250. The molecular formula is C24H25NO4S. The molecule has 0 aliphatic carbocycles. The van der Waals surface area contributed by atoms with E-state index >= 15 is 0 Å². The maximum absolute atomic E-state index is 13.3. The van der Waals surface area contributed by atoms with Crippen LogP contribution < -0.4 is 9.47 Å². The molecule has 1 aliphatic rings. The number of hydrogen-bond donors (Lipinski definition) is 0. The molecule has 4 rings (SSSR count). The maximum atomic E-state index is 13.3. The zero-order valence-electron chi connectivity index (χ0n) is 17.2. The number of sulfonamides is 1. The van der Waals surface area contributed by atoms with Gasteiger partial charge in [0.2, 0.25) is 10.0 Å². The lowest BCUT2D eigenvalue weighted by Crippen LogP contribution is -2.41. The van der Waals surface area contributed by atoms with Crippen LogP contribution in [0.4, 0.5) is 0 Å². The van der Waals surface area contributed by atoms with E-state index < -0.39 is 16.1 Å². The number of fused-ring (bicyclic) bond motifs is 3. The van der Waals surface area contributed by atoms with Crippen LogP contribution in [-0.4, -0.2) is 39.0 Å². The molecule has 0 saturated carbocycles. The van der Waals surface area contributed by atoms with Crippen LogP contribution in [0.25, 0.3) is 10.8 Å². The average Bonchev–Trinajstić information content (AvgIpc) is 2.73. The van der Waals surface area contributed by atoms with E-state index in [0.29, 0.717) is 13.0 Å². The summed E-state index contributed by atoms with van der Waals surface area (Å²) in [4.78, 5) is 0.288. The second-order valence-electron chi connectivity index (χ2n) is 7.45. The molecule has 5 nitrogen and oxygen atoms in total. The lowest BCUT2D eigenvalue weighted by molar-refractivity contribution is 0.201. The second kappa shape index (κ2) is 8.13. The summed E-state index contributed by atoms with van der Waals surface area (Å²) in [6.45, 7) is 6.36. The number of nitrogens with zero attached hydrogens (tertiary/aromatic N) is 1. The Kier molecular flexibility index (Phi) is 5.54. The van der Waals surface area contributed by atoms with Crippen LogP contribution in [0.1, 0.15) is 11.1 Å². The van der Waals surface area contributed by atoms with Crippen LogP contribution in [0.2, 0.25) is 0 Å². The Morgan fingerprint density at radius 1 is 1.13 bits per heavy atom. The molecule has 6 heteroatoms. The predicted molar refractivity (Wildman–Crippen MR) is 119 cm³/mol. The van der Waals surface area contributed by atoms with Gasteiger partial charge in [0.1, 0.15) is 17.6 Å². The van der Waals surface area contributed by atoms with Crippen molar-refractivity contribution in [3.8, 4) is 11.5 Å². The van der Waals surface area contributed by atoms with Crippen molar-refractivity contribution >= 4 is 20.8 Å². The number of hydrogen-bond acceptors (Lipinski definition) is 4. The minimum atomic E-state index is -3.65. The molecule has 3 aromatic carbocycles. The summed E-state index contributed by atoms with van der Waals surface area (Å²) in [6.07, 6.45) is 1.74. The van der Waals surface area contributed by atoms with Crippen molar-refractivity contribution in [2.75, 3.05) is 20.2 Å². The lowest BCUT2D eigenvalue weighted by atomic mass is 10.00. The first-order valence-corrected chi connectivity index (χ1v) is 11.3. The van der Waals surface area contributed by atoms with Crippen molar-refractivity contribution in [3.05, 3.63) is 78.4 Å². The van der Waals surface area contributed by atoms with Gasteiger partial charge in [-0.15, -0.1) is 0 Å². The van der Waals surface area contributed by atoms with Crippen molar-refractivity contribution in [1.82, 2.24) is 4.31 Å². The van der Waals surface area contributed by atoms with Gasteiger partial charge in [0.25, 0.3) is 0 Å². The summed E-state index contributed by atoms with van der Waals surface area (Å²) in [5, 5.41) is 2.06. The van der Waals surface area contributed by atoms with Gasteiger partial charge < -0.3 is 9.47 Å². The Balaban J connectivity index is 1.76. The predicted octanol–water partition coefficient (Wildman–Crippen LogP) is 4.34. The smallest absolute Gasteiger partial charge is 0.243 e. The van der Waals surface area contributed by atoms with E-state index in [9.17, 15) is 8.42 Å². The van der Waals surface area contributed by atoms with Gasteiger partial charge in [-0.05, 0) is 54.4 Å². The van der Waals surface area contributed by atoms with Gasteiger partial charge in [0.15, 0.2) is 0 Å². The monoisotopic (exact) mass is 423 g/mol. The molecule has 1 atom stereocenters. The molecule has 30 heavy (non-hydrogen) atoms. The molecule has 0 spiro atoms. The SMILES string of the molecule is C=C[C@@H]1CN(S(=O)(=O)c2ccc(C)cc2)CCc2c(ccc3ccc(OC)cc23)O1. The molecule has 0 saturated heterocycles. The van der Waals surface area contributed by atoms with Crippen molar-refractivity contribution < 1.29 is 17.9 Å². The first kappa shape index (κ1) is 20.4. The molecule has 156 valence electrons. The van der Waals surface area contributed by atoms with E-state index in [-0.39, 0.29) is 11.4 Å². The summed E-state index contributed by atoms with van der Waals surface area (Å²) in [5.74, 6) is 1.51. The normalized spacial score (nSPS) is 17.5. The Morgan fingerprint density at radius 2 is 1.87 bits per heavy atom. The van der Waals surface area contributed by atoms with Gasteiger partial charge >= 0.3 is 0 Å². The van der Waals surface area contributed by atoms with Gasteiger partial charge in [-0.2, -0.15) is 4.31 Å². The maximum Gasteiger partial charge on any atom is 0.243 e. The quantitative estimate of drug-likeness (QED) is 0.586. The number of rotatable bonds is 4. The highest BCUT2D eigenvalue weighted by Crippen LogP contribution is 2.34. The van der Waals surface area contributed by atoms with Gasteiger partial charge in [-0.1, -0.05) is 42.5 Å². The van der Waals surface area contributed by atoms with E-state index in [1.807, 2.05) is 49.4 Å². The molecule has 0 N–H and O–H groups in total. The summed E-state index contributed by atoms with van der Waals surface area (Å²) < 4.78 is 39.7. The Labute approximate surface area is 177 Å². The number of benzene rings is 3. The lowest BCUT2D eigenvalue weighted by Gasteiger charge is -2.30. The van der Waals surface area contributed by atoms with E-state index in [1.54, 1.807) is 25.3 Å². The molecular weight excluding hydrogens is 398 g/mol. The zero-order valence-corrected chi connectivity index (χ0v) is 18.0. The minimum absolute atomic E-state index is 0.218. The summed E-state index contributed by atoms with van der Waals surface area (Å²) in [5.41, 5.74) is 1.99. The summed E-state index contributed by atoms with van der Waals surface area (Å²) >= 11 is 0. The molecule has 1 aliphatic heterocycles. The third-order valence-corrected chi connectivity index (χ3v) is 7.37. The molecule has 0 aromatic heterocycles. The third kappa shape index (κ3) is 3.80. The highest BCUT2D eigenvalue weighted by Gasteiger charge is 2.29. The fourth-order valence-corrected chi connectivity index (χ4v) is 5.22. The van der Waals surface area contributed by atoms with Crippen LogP contribution >= 0.6 is 0 Å².